The lowest BCUT2D eigenvalue weighted by Crippen LogP contribution is -2.31. The van der Waals surface area contributed by atoms with E-state index in [1.807, 2.05) is 30.3 Å². The number of aliphatic hydroxyl groups is 1. The average molecular weight is 563 g/mol. The highest BCUT2D eigenvalue weighted by molar-refractivity contribution is 6.09. The van der Waals surface area contributed by atoms with Gasteiger partial charge in [-0.05, 0) is 49.0 Å². The molecule has 214 valence electrons. The van der Waals surface area contributed by atoms with Crippen LogP contribution in [0.15, 0.2) is 72.9 Å². The first-order chi connectivity index (χ1) is 19.8. The molecule has 0 aliphatic carbocycles. The van der Waals surface area contributed by atoms with Crippen LogP contribution >= 0.6 is 0 Å². The Morgan fingerprint density at radius 2 is 1.95 bits per heavy atom. The molecule has 0 spiro atoms. The van der Waals surface area contributed by atoms with Crippen LogP contribution in [0.1, 0.15) is 33.2 Å². The van der Waals surface area contributed by atoms with Crippen molar-refractivity contribution in [2.45, 2.75) is 19.6 Å². The molecule has 0 radical (unpaired) electrons. The molecule has 10 nitrogen and oxygen atoms in total. The second-order valence-corrected chi connectivity index (χ2v) is 9.21. The Bertz CT molecular complexity index is 1450. The van der Waals surface area contributed by atoms with Crippen LogP contribution < -0.4 is 24.8 Å². The Morgan fingerprint density at radius 3 is 2.68 bits per heavy atom. The molecule has 4 rings (SSSR count). The van der Waals surface area contributed by atoms with Gasteiger partial charge < -0.3 is 34.9 Å². The lowest BCUT2D eigenvalue weighted by molar-refractivity contribution is 0.0742. The lowest BCUT2D eigenvalue weighted by atomic mass is 10.1. The molecule has 0 bridgehead atoms. The van der Waals surface area contributed by atoms with Crippen LogP contribution in [0.4, 0.5) is 4.39 Å². The number of hydrogen-bond donors (Lipinski definition) is 4. The van der Waals surface area contributed by atoms with Gasteiger partial charge in [0.2, 0.25) is 5.82 Å². The molecular formula is C30H31FN4O6. The van der Waals surface area contributed by atoms with Gasteiger partial charge in [0, 0.05) is 25.2 Å². The minimum atomic E-state index is -0.863. The van der Waals surface area contributed by atoms with Gasteiger partial charge in [-0.25, -0.2) is 0 Å². The number of carbonyl (C=O) groups is 2. The summed E-state index contributed by atoms with van der Waals surface area (Å²) >= 11 is 0. The molecule has 11 heteroatoms. The predicted octanol–water partition coefficient (Wildman–Crippen LogP) is 3.85. The van der Waals surface area contributed by atoms with Gasteiger partial charge in [-0.1, -0.05) is 30.3 Å². The van der Waals surface area contributed by atoms with Crippen molar-refractivity contribution >= 4 is 17.6 Å². The molecule has 3 aromatic rings. The number of fused-ring (bicyclic) bond motifs is 1. The maximum atomic E-state index is 15.7. The van der Waals surface area contributed by atoms with E-state index < -0.39 is 17.8 Å². The van der Waals surface area contributed by atoms with Crippen LogP contribution in [-0.4, -0.2) is 60.6 Å². The molecule has 1 aliphatic rings. The number of amides is 2. The standard InChI is InChI=1S/C30H31FN4O6/c1-19(18-36)40-22-14-21(29(37)34-26(32)10-11-33-2)15-23(16-22)41-25-9-8-24-28(27(25)31)39-13-12-35(30(24)38)17-20-6-4-3-5-7-20/h3-11,14-16,19,33,36H,12-13,17-18H2,1-2H3,(H2,32,34,37)/b11-10-/t19-/m0/s1. The molecule has 0 aromatic heterocycles. The number of nitrogens with zero attached hydrogens (tertiary/aromatic N) is 1. The first kappa shape index (κ1) is 29.1. The van der Waals surface area contributed by atoms with Crippen LogP contribution in [0.2, 0.25) is 0 Å². The number of nitrogens with one attached hydrogen (secondary N) is 3. The zero-order valence-electron chi connectivity index (χ0n) is 22.6. The van der Waals surface area contributed by atoms with E-state index in [0.29, 0.717) is 6.54 Å². The van der Waals surface area contributed by atoms with Gasteiger partial charge in [0.05, 0.1) is 18.7 Å². The molecule has 1 atom stereocenters. The van der Waals surface area contributed by atoms with Gasteiger partial charge in [0.1, 0.15) is 30.0 Å². The van der Waals surface area contributed by atoms with E-state index >= 15 is 4.39 Å². The second-order valence-electron chi connectivity index (χ2n) is 9.21. The van der Waals surface area contributed by atoms with Crippen molar-refractivity contribution in [3.8, 4) is 23.0 Å². The summed E-state index contributed by atoms with van der Waals surface area (Å²) in [5, 5.41) is 22.4. The highest BCUT2D eigenvalue weighted by atomic mass is 19.1. The van der Waals surface area contributed by atoms with Crippen molar-refractivity contribution in [2.75, 3.05) is 26.8 Å². The number of benzene rings is 3. The van der Waals surface area contributed by atoms with Gasteiger partial charge in [-0.2, -0.15) is 4.39 Å². The summed E-state index contributed by atoms with van der Waals surface area (Å²) in [5.74, 6) is -2.22. The van der Waals surface area contributed by atoms with E-state index in [1.165, 1.54) is 42.6 Å². The van der Waals surface area contributed by atoms with Crippen molar-refractivity contribution in [2.24, 2.45) is 0 Å². The molecule has 41 heavy (non-hydrogen) atoms. The minimum Gasteiger partial charge on any atom is -0.488 e. The number of amidine groups is 1. The van der Waals surface area contributed by atoms with Crippen LogP contribution in [0, 0.1) is 11.2 Å². The van der Waals surface area contributed by atoms with Gasteiger partial charge >= 0.3 is 0 Å². The number of halogens is 1. The predicted molar refractivity (Wildman–Crippen MR) is 150 cm³/mol. The highest BCUT2D eigenvalue weighted by Crippen LogP contribution is 2.36. The minimum absolute atomic E-state index is 0.0552. The maximum absolute atomic E-state index is 15.7. The molecule has 0 saturated heterocycles. The van der Waals surface area contributed by atoms with E-state index in [0.717, 1.165) is 5.56 Å². The average Bonchev–Trinajstić information content (AvgIpc) is 3.12. The first-order valence-electron chi connectivity index (χ1n) is 12.9. The van der Waals surface area contributed by atoms with Crippen LogP contribution in [0.5, 0.6) is 23.0 Å². The highest BCUT2D eigenvalue weighted by Gasteiger charge is 2.28. The Morgan fingerprint density at radius 1 is 1.20 bits per heavy atom. The largest absolute Gasteiger partial charge is 0.488 e. The SMILES string of the molecule is CN/C=C\C(=N)NC(=O)c1cc(Oc2ccc3c(c2F)OCCN(Cc2ccccc2)C3=O)cc(O[C@@H](C)CO)c1. The third-order valence-electron chi connectivity index (χ3n) is 6.03. The smallest absolute Gasteiger partial charge is 0.258 e. The monoisotopic (exact) mass is 562 g/mol. The summed E-state index contributed by atoms with van der Waals surface area (Å²) in [6, 6.07) is 16.5. The molecular weight excluding hydrogens is 531 g/mol. The number of hydrogen-bond acceptors (Lipinski definition) is 8. The van der Waals surface area contributed by atoms with Crippen molar-refractivity contribution in [3.63, 3.8) is 0 Å². The maximum Gasteiger partial charge on any atom is 0.258 e. The first-order valence-corrected chi connectivity index (χ1v) is 12.9. The number of rotatable bonds is 10. The van der Waals surface area contributed by atoms with Crippen molar-refractivity contribution in [3.05, 3.63) is 95.4 Å². The van der Waals surface area contributed by atoms with Gasteiger partial charge in [0.15, 0.2) is 11.5 Å². The summed E-state index contributed by atoms with van der Waals surface area (Å²) in [4.78, 5) is 27.7. The number of carbonyl (C=O) groups excluding carboxylic acids is 2. The fraction of sp³-hybridized carbons (Fsp3) is 0.233. The summed E-state index contributed by atoms with van der Waals surface area (Å²) in [5.41, 5.74) is 1.09. The molecule has 0 unspecified atom stereocenters. The summed E-state index contributed by atoms with van der Waals surface area (Å²) < 4.78 is 32.8. The second kappa shape index (κ2) is 13.4. The third kappa shape index (κ3) is 7.40. The van der Waals surface area contributed by atoms with E-state index in [9.17, 15) is 14.7 Å². The van der Waals surface area contributed by atoms with E-state index in [1.54, 1.807) is 18.9 Å². The molecule has 2 amide bonds. The van der Waals surface area contributed by atoms with E-state index in [-0.39, 0.29) is 65.6 Å². The Balaban J connectivity index is 1.61. The molecule has 3 aromatic carbocycles. The normalized spacial score (nSPS) is 13.6. The lowest BCUT2D eigenvalue weighted by Gasteiger charge is -2.20. The fourth-order valence-electron chi connectivity index (χ4n) is 4.04. The van der Waals surface area contributed by atoms with Crippen LogP contribution in [0.25, 0.3) is 0 Å². The Hall–Kier alpha value is -4.90. The molecule has 4 N–H and O–H groups in total. The van der Waals surface area contributed by atoms with Crippen molar-refractivity contribution in [1.29, 1.82) is 5.41 Å². The summed E-state index contributed by atoms with van der Waals surface area (Å²) in [7, 11) is 1.65. The fourth-order valence-corrected chi connectivity index (χ4v) is 4.04. The van der Waals surface area contributed by atoms with Crippen LogP contribution in [0.3, 0.4) is 0 Å². The van der Waals surface area contributed by atoms with Gasteiger partial charge in [-0.3, -0.25) is 15.0 Å². The third-order valence-corrected chi connectivity index (χ3v) is 6.03. The van der Waals surface area contributed by atoms with Gasteiger partial charge in [0.25, 0.3) is 11.8 Å². The van der Waals surface area contributed by atoms with E-state index in [2.05, 4.69) is 10.6 Å². The zero-order chi connectivity index (χ0) is 29.4. The quantitative estimate of drug-likeness (QED) is 0.218. The van der Waals surface area contributed by atoms with Crippen LogP contribution in [-0.2, 0) is 6.54 Å². The molecule has 1 aliphatic heterocycles. The summed E-state index contributed by atoms with van der Waals surface area (Å²) in [6.45, 7) is 2.07. The molecule has 0 saturated carbocycles. The Labute approximate surface area is 236 Å². The number of aliphatic hydroxyl groups excluding tert-OH is 1. The molecule has 1 heterocycles. The number of ether oxygens (including phenoxy) is 3. The molecule has 0 fully saturated rings. The van der Waals surface area contributed by atoms with Crippen molar-refractivity contribution < 1.29 is 33.3 Å². The summed E-state index contributed by atoms with van der Waals surface area (Å²) in [6.07, 6.45) is 2.24. The topological polar surface area (TPSA) is 133 Å². The van der Waals surface area contributed by atoms with E-state index in [4.69, 9.17) is 19.6 Å². The zero-order valence-corrected chi connectivity index (χ0v) is 22.6. The Kier molecular flexibility index (Phi) is 9.54. The van der Waals surface area contributed by atoms with Crippen molar-refractivity contribution in [1.82, 2.24) is 15.5 Å². The van der Waals surface area contributed by atoms with Gasteiger partial charge in [-0.15, -0.1) is 0 Å².